The van der Waals surface area contributed by atoms with Crippen LogP contribution in [-0.2, 0) is 20.0 Å². The summed E-state index contributed by atoms with van der Waals surface area (Å²) in [5, 5.41) is 0. The van der Waals surface area contributed by atoms with Crippen molar-refractivity contribution in [1.29, 1.82) is 0 Å². The summed E-state index contributed by atoms with van der Waals surface area (Å²) in [7, 11) is -5.50. The molecular formula is C10H14O5P2. The first-order valence-electron chi connectivity index (χ1n) is 5.22. The van der Waals surface area contributed by atoms with E-state index in [-0.39, 0.29) is 5.90 Å². The molecule has 1 aromatic rings. The average Bonchev–Trinajstić information content (AvgIpc) is 2.25. The molecule has 2 rings (SSSR count). The molecule has 7 heteroatoms. The first-order valence-corrected chi connectivity index (χ1v) is 8.38. The van der Waals surface area contributed by atoms with Crippen LogP contribution < -0.4 is 0 Å². The summed E-state index contributed by atoms with van der Waals surface area (Å²) in [6.07, 6.45) is 0.332. The number of benzene rings is 1. The standard InChI is InChI=1S/C10H14O5P2/c11-16-8-17(12,13)15-10(14-16)7-6-9-4-2-1-3-5-9/h1-5,10-11H,6-8H2,(H,12,13). The predicted molar refractivity (Wildman–Crippen MR) is 64.6 cm³/mol. The van der Waals surface area contributed by atoms with Crippen LogP contribution in [0.2, 0.25) is 0 Å². The number of rotatable bonds is 3. The molecule has 1 saturated heterocycles. The maximum absolute atomic E-state index is 11.4. The van der Waals surface area contributed by atoms with Gasteiger partial charge in [0.15, 0.2) is 14.7 Å². The van der Waals surface area contributed by atoms with Crippen molar-refractivity contribution in [2.75, 3.05) is 5.90 Å². The third-order valence-corrected chi connectivity index (χ3v) is 5.77. The largest absolute Gasteiger partial charge is 0.349 e. The van der Waals surface area contributed by atoms with E-state index in [1.807, 2.05) is 30.3 Å². The van der Waals surface area contributed by atoms with Gasteiger partial charge in [-0.2, -0.15) is 0 Å². The molecule has 0 bridgehead atoms. The zero-order chi connectivity index (χ0) is 12.3. The van der Waals surface area contributed by atoms with Gasteiger partial charge in [0.25, 0.3) is 0 Å². The Morgan fingerprint density at radius 1 is 1.41 bits per heavy atom. The molecule has 1 aliphatic heterocycles. The molecule has 3 unspecified atom stereocenters. The number of hydrogen-bond donors (Lipinski definition) is 2. The molecule has 0 spiro atoms. The van der Waals surface area contributed by atoms with Crippen molar-refractivity contribution >= 4 is 16.0 Å². The molecule has 0 amide bonds. The Kier molecular flexibility index (Phi) is 4.31. The highest BCUT2D eigenvalue weighted by molar-refractivity contribution is 7.68. The van der Waals surface area contributed by atoms with Crippen molar-refractivity contribution in [2.24, 2.45) is 0 Å². The van der Waals surface area contributed by atoms with E-state index in [1.54, 1.807) is 0 Å². The number of hydrogen-bond acceptors (Lipinski definition) is 4. The van der Waals surface area contributed by atoms with Crippen molar-refractivity contribution in [1.82, 2.24) is 0 Å². The van der Waals surface area contributed by atoms with Crippen LogP contribution in [0.25, 0.3) is 0 Å². The van der Waals surface area contributed by atoms with Crippen LogP contribution in [0, 0.1) is 0 Å². The summed E-state index contributed by atoms with van der Waals surface area (Å²) in [6.45, 7) is 0. The lowest BCUT2D eigenvalue weighted by Crippen LogP contribution is -2.20. The second kappa shape index (κ2) is 5.57. The maximum Gasteiger partial charge on any atom is 0.339 e. The molecule has 1 aliphatic rings. The van der Waals surface area contributed by atoms with Gasteiger partial charge in [-0.25, -0.2) is 0 Å². The monoisotopic (exact) mass is 276 g/mol. The van der Waals surface area contributed by atoms with Crippen LogP contribution in [0.4, 0.5) is 0 Å². The van der Waals surface area contributed by atoms with E-state index >= 15 is 0 Å². The van der Waals surface area contributed by atoms with Crippen LogP contribution in [-0.4, -0.2) is 22.0 Å². The third kappa shape index (κ3) is 4.14. The summed E-state index contributed by atoms with van der Waals surface area (Å²) in [4.78, 5) is 18.7. The fourth-order valence-corrected chi connectivity index (χ4v) is 4.35. The van der Waals surface area contributed by atoms with Crippen molar-refractivity contribution in [3.05, 3.63) is 35.9 Å². The van der Waals surface area contributed by atoms with Gasteiger partial charge in [-0.15, -0.1) is 0 Å². The Balaban J connectivity index is 1.89. The summed E-state index contributed by atoms with van der Waals surface area (Å²) in [6, 6.07) is 9.69. The summed E-state index contributed by atoms with van der Waals surface area (Å²) < 4.78 is 21.4. The van der Waals surface area contributed by atoms with Crippen LogP contribution >= 0.6 is 16.0 Å². The van der Waals surface area contributed by atoms with Gasteiger partial charge in [-0.05, 0) is 12.0 Å². The third-order valence-electron chi connectivity index (χ3n) is 2.33. The van der Waals surface area contributed by atoms with Gasteiger partial charge in [0.2, 0.25) is 0 Å². The van der Waals surface area contributed by atoms with Crippen molar-refractivity contribution in [3.8, 4) is 0 Å². The molecule has 5 nitrogen and oxygen atoms in total. The van der Waals surface area contributed by atoms with E-state index in [2.05, 4.69) is 0 Å². The second-order valence-corrected chi connectivity index (χ2v) is 7.33. The Morgan fingerprint density at radius 2 is 2.12 bits per heavy atom. The maximum atomic E-state index is 11.4. The van der Waals surface area contributed by atoms with Crippen molar-refractivity contribution in [2.45, 2.75) is 19.1 Å². The molecule has 94 valence electrons. The molecule has 0 radical (unpaired) electrons. The minimum atomic E-state index is -3.67. The molecule has 0 aromatic heterocycles. The minimum absolute atomic E-state index is 0.301. The van der Waals surface area contributed by atoms with Crippen molar-refractivity contribution in [3.63, 3.8) is 0 Å². The van der Waals surface area contributed by atoms with E-state index < -0.39 is 22.3 Å². The molecule has 1 heterocycles. The van der Waals surface area contributed by atoms with Crippen LogP contribution in [0.3, 0.4) is 0 Å². The smallest absolute Gasteiger partial charge is 0.339 e. The van der Waals surface area contributed by atoms with Gasteiger partial charge in [-0.3, -0.25) is 9.09 Å². The minimum Gasteiger partial charge on any atom is -0.349 e. The van der Waals surface area contributed by atoms with E-state index in [1.165, 1.54) is 0 Å². The van der Waals surface area contributed by atoms with Gasteiger partial charge in [0.1, 0.15) is 5.90 Å². The summed E-state index contributed by atoms with van der Waals surface area (Å²) >= 11 is 0. The highest BCUT2D eigenvalue weighted by atomic mass is 31.2. The molecule has 0 aliphatic carbocycles. The van der Waals surface area contributed by atoms with E-state index in [0.29, 0.717) is 12.8 Å². The van der Waals surface area contributed by atoms with Crippen LogP contribution in [0.15, 0.2) is 30.3 Å². The molecule has 1 fully saturated rings. The molecule has 2 N–H and O–H groups in total. The normalized spacial score (nSPS) is 33.5. The average molecular weight is 276 g/mol. The van der Waals surface area contributed by atoms with Gasteiger partial charge < -0.3 is 14.3 Å². The second-order valence-electron chi connectivity index (χ2n) is 3.80. The Hall–Kier alpha value is -0.280. The Morgan fingerprint density at radius 3 is 2.76 bits per heavy atom. The predicted octanol–water partition coefficient (Wildman–Crippen LogP) is 2.44. The van der Waals surface area contributed by atoms with Gasteiger partial charge in [0.05, 0.1) is 0 Å². The molecule has 17 heavy (non-hydrogen) atoms. The number of aryl methyl sites for hydroxylation is 1. The fraction of sp³-hybridized carbons (Fsp3) is 0.400. The van der Waals surface area contributed by atoms with Gasteiger partial charge in [-0.1, -0.05) is 30.3 Å². The Labute approximate surface area is 101 Å². The lowest BCUT2D eigenvalue weighted by atomic mass is 10.1. The molecule has 0 saturated carbocycles. The summed E-state index contributed by atoms with van der Waals surface area (Å²) in [5.74, 6) is -0.301. The van der Waals surface area contributed by atoms with E-state index in [9.17, 15) is 14.4 Å². The first-order chi connectivity index (χ1) is 8.05. The zero-order valence-corrected chi connectivity index (χ0v) is 10.9. The van der Waals surface area contributed by atoms with E-state index in [0.717, 1.165) is 5.56 Å². The Bertz CT molecular complexity index is 410. The van der Waals surface area contributed by atoms with Crippen LogP contribution in [0.5, 0.6) is 0 Å². The highest BCUT2D eigenvalue weighted by Crippen LogP contribution is 2.59. The van der Waals surface area contributed by atoms with Gasteiger partial charge in [0, 0.05) is 6.42 Å². The molecule has 3 atom stereocenters. The van der Waals surface area contributed by atoms with E-state index in [4.69, 9.17) is 9.05 Å². The van der Waals surface area contributed by atoms with Crippen molar-refractivity contribution < 1.29 is 23.4 Å². The highest BCUT2D eigenvalue weighted by Gasteiger charge is 2.36. The zero-order valence-electron chi connectivity index (χ0n) is 9.10. The molecule has 1 aromatic carbocycles. The SMILES string of the molecule is O=P1(O)CP(O)OC(CCc2ccccc2)O1. The lowest BCUT2D eigenvalue weighted by molar-refractivity contribution is -0.0135. The quantitative estimate of drug-likeness (QED) is 0.829. The summed E-state index contributed by atoms with van der Waals surface area (Å²) in [5.41, 5.74) is 1.10. The first kappa shape index (κ1) is 13.2. The fourth-order valence-electron chi connectivity index (χ4n) is 1.59. The lowest BCUT2D eigenvalue weighted by Gasteiger charge is -2.29. The topological polar surface area (TPSA) is 76.0 Å². The molecular weight excluding hydrogens is 262 g/mol. The van der Waals surface area contributed by atoms with Crippen LogP contribution in [0.1, 0.15) is 12.0 Å². The van der Waals surface area contributed by atoms with Gasteiger partial charge >= 0.3 is 7.60 Å².